The maximum Gasteiger partial charge on any atom is 0.276 e. The summed E-state index contributed by atoms with van der Waals surface area (Å²) in [4.78, 5) is 32.9. The van der Waals surface area contributed by atoms with Gasteiger partial charge in [0, 0.05) is 36.8 Å². The maximum absolute atomic E-state index is 14.9. The van der Waals surface area contributed by atoms with Gasteiger partial charge in [-0.15, -0.1) is 0 Å². The van der Waals surface area contributed by atoms with E-state index in [0.717, 1.165) is 13.1 Å². The van der Waals surface area contributed by atoms with Crippen molar-refractivity contribution in [2.24, 2.45) is 11.3 Å². The second kappa shape index (κ2) is 10.8. The minimum absolute atomic E-state index is 0.0215. The van der Waals surface area contributed by atoms with E-state index in [1.807, 2.05) is 0 Å². The number of sulfonamides is 1. The number of fused-ring (bicyclic) bond motifs is 1. The molecule has 1 saturated heterocycles. The molecular weight excluding hydrogens is 586 g/mol. The van der Waals surface area contributed by atoms with E-state index >= 15 is 0 Å². The smallest absolute Gasteiger partial charge is 0.276 e. The summed E-state index contributed by atoms with van der Waals surface area (Å²) in [6.45, 7) is 3.58. The Morgan fingerprint density at radius 3 is 2.55 bits per heavy atom. The molecule has 2 fully saturated rings. The summed E-state index contributed by atoms with van der Waals surface area (Å²) in [6, 6.07) is 13.6. The normalized spacial score (nSPS) is 20.2. The Labute approximate surface area is 255 Å². The number of carbonyl (C=O) groups is 2. The van der Waals surface area contributed by atoms with Crippen LogP contribution in [0.5, 0.6) is 17.4 Å². The summed E-state index contributed by atoms with van der Waals surface area (Å²) < 4.78 is 46.0. The highest BCUT2D eigenvalue weighted by Crippen LogP contribution is 2.52. The van der Waals surface area contributed by atoms with E-state index in [-0.39, 0.29) is 56.8 Å². The minimum atomic E-state index is -4.65. The third kappa shape index (κ3) is 4.36. The number of nitrogens with one attached hydrogen (secondary N) is 2. The van der Waals surface area contributed by atoms with Crippen molar-refractivity contribution < 1.29 is 32.2 Å². The van der Waals surface area contributed by atoms with Crippen LogP contribution < -0.4 is 29.1 Å². The molecular formula is C31H31N5O7S. The van der Waals surface area contributed by atoms with Crippen molar-refractivity contribution in [3.63, 3.8) is 0 Å². The van der Waals surface area contributed by atoms with Crippen molar-refractivity contribution in [1.29, 1.82) is 5.26 Å². The van der Waals surface area contributed by atoms with Crippen LogP contribution in [0, 0.1) is 22.7 Å². The van der Waals surface area contributed by atoms with Crippen LogP contribution in [0.1, 0.15) is 36.5 Å². The van der Waals surface area contributed by atoms with E-state index in [4.69, 9.17) is 14.2 Å². The third-order valence-corrected chi connectivity index (χ3v) is 10.4. The fourth-order valence-electron chi connectivity index (χ4n) is 6.39. The topological polar surface area (TPSA) is 160 Å². The number of aromatic nitrogens is 1. The molecule has 1 atom stereocenters. The lowest BCUT2D eigenvalue weighted by molar-refractivity contribution is -0.139. The predicted octanol–water partition coefficient (Wildman–Crippen LogP) is 2.46. The van der Waals surface area contributed by atoms with Crippen LogP contribution in [0.4, 0.5) is 5.69 Å². The van der Waals surface area contributed by atoms with Crippen LogP contribution in [0.15, 0.2) is 59.6 Å². The lowest BCUT2D eigenvalue weighted by Gasteiger charge is -2.54. The molecule has 3 heterocycles. The molecule has 2 aliphatic heterocycles. The Hall–Kier alpha value is -4.67. The lowest BCUT2D eigenvalue weighted by Crippen LogP contribution is -2.64. The number of nitriles is 1. The molecule has 1 aliphatic carbocycles. The Morgan fingerprint density at radius 2 is 1.91 bits per heavy atom. The molecule has 44 heavy (non-hydrogen) atoms. The van der Waals surface area contributed by atoms with Gasteiger partial charge in [-0.25, -0.2) is 13.4 Å². The van der Waals surface area contributed by atoms with Gasteiger partial charge in [0.2, 0.25) is 11.8 Å². The van der Waals surface area contributed by atoms with Crippen molar-refractivity contribution in [2.45, 2.75) is 30.2 Å². The fraction of sp³-hybridized carbons (Fsp3) is 0.355. The summed E-state index contributed by atoms with van der Waals surface area (Å²) in [5, 5.41) is 16.0. The van der Waals surface area contributed by atoms with Gasteiger partial charge < -0.3 is 24.8 Å². The number of ether oxygens (including phenoxy) is 3. The zero-order chi connectivity index (χ0) is 31.3. The Kier molecular flexibility index (Phi) is 7.22. The monoisotopic (exact) mass is 617 g/mol. The van der Waals surface area contributed by atoms with E-state index in [9.17, 15) is 23.3 Å². The number of benzene rings is 2. The molecule has 2 aromatic carbocycles. The molecule has 2 N–H and O–H groups in total. The summed E-state index contributed by atoms with van der Waals surface area (Å²) in [5.74, 6) is -1.40. The van der Waals surface area contributed by atoms with E-state index in [0.29, 0.717) is 22.9 Å². The molecule has 228 valence electrons. The Bertz CT molecular complexity index is 1810. The van der Waals surface area contributed by atoms with Gasteiger partial charge in [0.25, 0.3) is 15.9 Å². The Balaban J connectivity index is 1.56. The first-order valence-electron chi connectivity index (χ1n) is 14.1. The summed E-state index contributed by atoms with van der Waals surface area (Å²) in [6.07, 6.45) is 2.75. The van der Waals surface area contributed by atoms with Gasteiger partial charge in [-0.3, -0.25) is 9.59 Å². The van der Waals surface area contributed by atoms with Crippen molar-refractivity contribution >= 4 is 27.5 Å². The quantitative estimate of drug-likeness (QED) is 0.365. The molecule has 3 aromatic rings. The first-order valence-corrected chi connectivity index (χ1v) is 15.6. The van der Waals surface area contributed by atoms with E-state index in [2.05, 4.69) is 21.7 Å². The van der Waals surface area contributed by atoms with Gasteiger partial charge in [0.15, 0.2) is 5.54 Å². The second-order valence-electron chi connectivity index (χ2n) is 11.2. The van der Waals surface area contributed by atoms with E-state index < -0.39 is 27.4 Å². The van der Waals surface area contributed by atoms with E-state index in [1.165, 1.54) is 56.8 Å². The van der Waals surface area contributed by atoms with Crippen molar-refractivity contribution in [3.05, 3.63) is 71.4 Å². The van der Waals surface area contributed by atoms with Crippen molar-refractivity contribution in [1.82, 2.24) is 15.6 Å². The molecule has 12 nitrogen and oxygen atoms in total. The highest BCUT2D eigenvalue weighted by molar-refractivity contribution is 7.93. The molecule has 2 amide bonds. The number of hydrogen-bond acceptors (Lipinski definition) is 10. The first-order chi connectivity index (χ1) is 21.1. The number of rotatable bonds is 9. The van der Waals surface area contributed by atoms with Crippen LogP contribution in [-0.2, 0) is 25.2 Å². The van der Waals surface area contributed by atoms with Crippen LogP contribution >= 0.6 is 0 Å². The second-order valence-corrected chi connectivity index (χ2v) is 12.9. The molecule has 1 spiro atoms. The van der Waals surface area contributed by atoms with Crippen LogP contribution in [-0.4, -0.2) is 59.1 Å². The van der Waals surface area contributed by atoms with Crippen LogP contribution in [0.25, 0.3) is 0 Å². The SMILES string of the molecule is CCOc1ncccc1[C@@]1(NC(=O)C2CC3(CNC3)C2)C(=O)N(S(=O)(=O)c2ccc(OC)cc2OC)c2ccc(C#N)cc21. The molecule has 0 bridgehead atoms. The first kappa shape index (κ1) is 29.4. The predicted molar refractivity (Wildman–Crippen MR) is 158 cm³/mol. The van der Waals surface area contributed by atoms with Gasteiger partial charge >= 0.3 is 0 Å². The minimum Gasteiger partial charge on any atom is -0.497 e. The number of nitrogens with zero attached hydrogens (tertiary/aromatic N) is 3. The fourth-order valence-corrected chi connectivity index (χ4v) is 7.99. The summed E-state index contributed by atoms with van der Waals surface area (Å²) in [5.41, 5.74) is -1.61. The van der Waals surface area contributed by atoms with Gasteiger partial charge in [0.05, 0.1) is 43.7 Å². The van der Waals surface area contributed by atoms with Gasteiger partial charge in [-0.05, 0) is 67.6 Å². The van der Waals surface area contributed by atoms with Crippen LogP contribution in [0.3, 0.4) is 0 Å². The highest BCUT2D eigenvalue weighted by atomic mass is 32.2. The van der Waals surface area contributed by atoms with Gasteiger partial charge in [0.1, 0.15) is 16.4 Å². The Morgan fingerprint density at radius 1 is 1.14 bits per heavy atom. The average molecular weight is 618 g/mol. The van der Waals surface area contributed by atoms with Gasteiger partial charge in [-0.2, -0.15) is 9.57 Å². The number of carbonyl (C=O) groups excluding carboxylic acids is 2. The summed E-state index contributed by atoms with van der Waals surface area (Å²) >= 11 is 0. The van der Waals surface area contributed by atoms with E-state index in [1.54, 1.807) is 19.1 Å². The molecule has 13 heteroatoms. The number of hydrogen-bond donors (Lipinski definition) is 2. The molecule has 1 saturated carbocycles. The number of amides is 2. The maximum atomic E-state index is 14.9. The average Bonchev–Trinajstić information content (AvgIpc) is 3.23. The van der Waals surface area contributed by atoms with Crippen molar-refractivity contribution in [3.8, 4) is 23.4 Å². The summed E-state index contributed by atoms with van der Waals surface area (Å²) in [7, 11) is -1.91. The van der Waals surface area contributed by atoms with Gasteiger partial charge in [-0.1, -0.05) is 0 Å². The molecule has 3 aliphatic rings. The highest BCUT2D eigenvalue weighted by Gasteiger charge is 2.60. The zero-order valence-electron chi connectivity index (χ0n) is 24.4. The number of anilines is 1. The third-order valence-electron chi connectivity index (χ3n) is 8.64. The number of pyridine rings is 1. The zero-order valence-corrected chi connectivity index (χ0v) is 25.2. The van der Waals surface area contributed by atoms with Crippen molar-refractivity contribution in [2.75, 3.05) is 38.2 Å². The lowest BCUT2D eigenvalue weighted by atomic mass is 9.58. The molecule has 6 rings (SSSR count). The molecule has 0 radical (unpaired) electrons. The van der Waals surface area contributed by atoms with Crippen LogP contribution in [0.2, 0.25) is 0 Å². The standard InChI is InChI=1S/C31H31N5O7S/c1-4-43-28-22(6-5-11-34-28)31(35-27(37)20-14-30(15-20)17-33-18-30)23-12-19(16-32)7-9-24(23)36(29(31)38)44(39,40)26-10-8-21(41-2)13-25(26)42-3/h5-13,20,33H,4,14-15,17-18H2,1-3H3,(H,35,37)/t31-/m0/s1. The molecule has 1 aromatic heterocycles. The number of methoxy groups -OCH3 is 2. The largest absolute Gasteiger partial charge is 0.497 e. The molecule has 0 unspecified atom stereocenters.